The fourth-order valence-electron chi connectivity index (χ4n) is 1.76. The standard InChI is InChI=1S/C9H10F2N2O5/c10-9(11)6(16)4(3-14)18-7(9)13-5(15)1-2-12-8(13)17/h1-2,4,6-7,14,16H,3H2,(H,12,17)/t4-,6-,7+/m1/s1. The molecule has 0 radical (unpaired) electrons. The zero-order valence-corrected chi connectivity index (χ0v) is 8.92. The summed E-state index contributed by atoms with van der Waals surface area (Å²) in [7, 11) is 0. The van der Waals surface area contributed by atoms with E-state index in [9.17, 15) is 23.5 Å². The molecular weight excluding hydrogens is 254 g/mol. The van der Waals surface area contributed by atoms with Crippen LogP contribution >= 0.6 is 0 Å². The highest BCUT2D eigenvalue weighted by molar-refractivity contribution is 4.97. The lowest BCUT2D eigenvalue weighted by Gasteiger charge is -2.20. The third-order valence-electron chi connectivity index (χ3n) is 2.68. The number of aromatic amines is 1. The van der Waals surface area contributed by atoms with E-state index in [1.54, 1.807) is 0 Å². The molecule has 1 aliphatic heterocycles. The van der Waals surface area contributed by atoms with Gasteiger partial charge in [0.1, 0.15) is 6.10 Å². The predicted octanol–water partition coefficient (Wildman–Crippen LogP) is -1.58. The minimum absolute atomic E-state index is 0.166. The molecule has 1 aromatic heterocycles. The van der Waals surface area contributed by atoms with Gasteiger partial charge in [-0.25, -0.2) is 9.36 Å². The highest BCUT2D eigenvalue weighted by atomic mass is 19.3. The van der Waals surface area contributed by atoms with Gasteiger partial charge < -0.3 is 19.9 Å². The van der Waals surface area contributed by atoms with E-state index in [0.29, 0.717) is 0 Å². The number of aliphatic hydroxyl groups excluding tert-OH is 2. The van der Waals surface area contributed by atoms with Crippen molar-refractivity contribution in [3.63, 3.8) is 0 Å². The fraction of sp³-hybridized carbons (Fsp3) is 0.556. The maximum atomic E-state index is 13.7. The molecule has 100 valence electrons. The van der Waals surface area contributed by atoms with Gasteiger partial charge in [-0.05, 0) is 0 Å². The number of nitrogens with one attached hydrogen (secondary N) is 1. The summed E-state index contributed by atoms with van der Waals surface area (Å²) in [4.78, 5) is 24.8. The van der Waals surface area contributed by atoms with Crippen LogP contribution in [0.5, 0.6) is 0 Å². The number of nitrogens with zero attached hydrogens (tertiary/aromatic N) is 1. The first kappa shape index (κ1) is 12.9. The Morgan fingerprint density at radius 2 is 2.17 bits per heavy atom. The third-order valence-corrected chi connectivity index (χ3v) is 2.68. The Morgan fingerprint density at radius 1 is 1.50 bits per heavy atom. The summed E-state index contributed by atoms with van der Waals surface area (Å²) in [6, 6.07) is 0.874. The van der Waals surface area contributed by atoms with Crippen LogP contribution in [0.4, 0.5) is 8.78 Å². The molecule has 3 N–H and O–H groups in total. The third kappa shape index (κ3) is 1.76. The Bertz CT molecular complexity index is 526. The van der Waals surface area contributed by atoms with Crippen molar-refractivity contribution in [2.75, 3.05) is 6.61 Å². The molecule has 7 nitrogen and oxygen atoms in total. The molecule has 2 rings (SSSR count). The molecule has 0 amide bonds. The summed E-state index contributed by atoms with van der Waals surface area (Å²) in [5.74, 6) is -3.86. The molecule has 3 atom stereocenters. The largest absolute Gasteiger partial charge is 0.394 e. The van der Waals surface area contributed by atoms with Crippen LogP contribution in [0.3, 0.4) is 0 Å². The Morgan fingerprint density at radius 3 is 2.67 bits per heavy atom. The molecule has 0 spiro atoms. The van der Waals surface area contributed by atoms with Crippen molar-refractivity contribution in [1.29, 1.82) is 0 Å². The summed E-state index contributed by atoms with van der Waals surface area (Å²) < 4.78 is 32.2. The molecule has 0 aromatic carbocycles. The Hall–Kier alpha value is -1.58. The number of alkyl halides is 2. The molecule has 0 saturated carbocycles. The Balaban J connectivity index is 2.52. The molecular formula is C9H10F2N2O5. The van der Waals surface area contributed by atoms with E-state index in [2.05, 4.69) is 9.72 Å². The summed E-state index contributed by atoms with van der Waals surface area (Å²) in [6.07, 6.45) is -5.09. The lowest BCUT2D eigenvalue weighted by atomic mass is 10.1. The monoisotopic (exact) mass is 264 g/mol. The molecule has 1 saturated heterocycles. The van der Waals surface area contributed by atoms with Crippen molar-refractivity contribution in [3.05, 3.63) is 33.1 Å². The average Bonchev–Trinajstić information content (AvgIpc) is 2.52. The van der Waals surface area contributed by atoms with E-state index < -0.39 is 42.2 Å². The van der Waals surface area contributed by atoms with Gasteiger partial charge in [0, 0.05) is 12.3 Å². The van der Waals surface area contributed by atoms with E-state index in [4.69, 9.17) is 5.11 Å². The zero-order valence-electron chi connectivity index (χ0n) is 8.92. The summed E-state index contributed by atoms with van der Waals surface area (Å²) in [5, 5.41) is 18.0. The van der Waals surface area contributed by atoms with Gasteiger partial charge in [0.2, 0.25) is 6.23 Å². The fourth-order valence-corrected chi connectivity index (χ4v) is 1.76. The molecule has 9 heteroatoms. The van der Waals surface area contributed by atoms with Crippen molar-refractivity contribution < 1.29 is 23.7 Å². The molecule has 2 heterocycles. The van der Waals surface area contributed by atoms with Crippen molar-refractivity contribution in [3.8, 4) is 0 Å². The van der Waals surface area contributed by atoms with Gasteiger partial charge in [-0.1, -0.05) is 0 Å². The molecule has 0 bridgehead atoms. The number of H-pyrrole nitrogens is 1. The van der Waals surface area contributed by atoms with Crippen LogP contribution in [-0.2, 0) is 4.74 Å². The molecule has 0 aliphatic carbocycles. The van der Waals surface area contributed by atoms with Crippen molar-refractivity contribution >= 4 is 0 Å². The number of hydrogen-bond acceptors (Lipinski definition) is 5. The minimum Gasteiger partial charge on any atom is -0.394 e. The summed E-state index contributed by atoms with van der Waals surface area (Å²) in [5.41, 5.74) is -2.08. The maximum absolute atomic E-state index is 13.7. The first-order valence-electron chi connectivity index (χ1n) is 5.02. The van der Waals surface area contributed by atoms with Crippen molar-refractivity contribution in [2.24, 2.45) is 0 Å². The van der Waals surface area contributed by atoms with Gasteiger partial charge in [-0.3, -0.25) is 4.79 Å². The lowest BCUT2D eigenvalue weighted by Crippen LogP contribution is -2.46. The number of aliphatic hydroxyl groups is 2. The Labute approximate surface area is 98.3 Å². The maximum Gasteiger partial charge on any atom is 0.330 e. The molecule has 18 heavy (non-hydrogen) atoms. The zero-order chi connectivity index (χ0) is 13.5. The van der Waals surface area contributed by atoms with E-state index in [1.807, 2.05) is 0 Å². The van der Waals surface area contributed by atoms with Gasteiger partial charge >= 0.3 is 11.6 Å². The SMILES string of the molecule is O=c1cc[nH]c(=O)n1[C@H]1O[C@H](CO)[C@@H](O)C1(F)F. The minimum atomic E-state index is -3.86. The number of aromatic nitrogens is 2. The molecule has 1 aromatic rings. The van der Waals surface area contributed by atoms with Crippen molar-refractivity contribution in [2.45, 2.75) is 24.4 Å². The average molecular weight is 264 g/mol. The number of rotatable bonds is 2. The van der Waals surface area contributed by atoms with E-state index >= 15 is 0 Å². The van der Waals surface area contributed by atoms with E-state index in [-0.39, 0.29) is 4.57 Å². The molecule has 1 fully saturated rings. The van der Waals surface area contributed by atoms with Gasteiger partial charge in [0.05, 0.1) is 6.61 Å². The second-order valence-corrected chi connectivity index (χ2v) is 3.82. The van der Waals surface area contributed by atoms with Crippen LogP contribution in [0.2, 0.25) is 0 Å². The lowest BCUT2D eigenvalue weighted by molar-refractivity contribution is -0.142. The van der Waals surface area contributed by atoms with E-state index in [0.717, 1.165) is 12.3 Å². The van der Waals surface area contributed by atoms with E-state index in [1.165, 1.54) is 0 Å². The van der Waals surface area contributed by atoms with Gasteiger partial charge in [0.25, 0.3) is 5.56 Å². The quantitative estimate of drug-likeness (QED) is 0.598. The van der Waals surface area contributed by atoms with Crippen LogP contribution in [0, 0.1) is 0 Å². The van der Waals surface area contributed by atoms with Crippen LogP contribution in [0.15, 0.2) is 21.9 Å². The molecule has 0 unspecified atom stereocenters. The first-order valence-corrected chi connectivity index (χ1v) is 5.02. The summed E-state index contributed by atoms with van der Waals surface area (Å²) in [6.45, 7) is -0.854. The summed E-state index contributed by atoms with van der Waals surface area (Å²) >= 11 is 0. The van der Waals surface area contributed by atoms with Crippen LogP contribution in [0.25, 0.3) is 0 Å². The van der Waals surface area contributed by atoms with Crippen LogP contribution in [0.1, 0.15) is 6.23 Å². The second kappa shape index (κ2) is 4.26. The number of hydrogen-bond donors (Lipinski definition) is 3. The normalized spacial score (nSPS) is 30.6. The van der Waals surface area contributed by atoms with Gasteiger partial charge in [-0.15, -0.1) is 0 Å². The molecule has 1 aliphatic rings. The van der Waals surface area contributed by atoms with Crippen molar-refractivity contribution in [1.82, 2.24) is 9.55 Å². The highest BCUT2D eigenvalue weighted by Crippen LogP contribution is 2.41. The second-order valence-electron chi connectivity index (χ2n) is 3.82. The topological polar surface area (TPSA) is 105 Å². The van der Waals surface area contributed by atoms with Crippen LogP contribution < -0.4 is 11.2 Å². The first-order chi connectivity index (χ1) is 8.39. The van der Waals surface area contributed by atoms with Gasteiger partial charge in [0.15, 0.2) is 6.10 Å². The van der Waals surface area contributed by atoms with Gasteiger partial charge in [-0.2, -0.15) is 8.78 Å². The highest BCUT2D eigenvalue weighted by Gasteiger charge is 2.59. The smallest absolute Gasteiger partial charge is 0.330 e. The number of ether oxygens (including phenoxy) is 1. The predicted molar refractivity (Wildman–Crippen MR) is 53.3 cm³/mol. The van der Waals surface area contributed by atoms with Crippen LogP contribution in [-0.4, -0.2) is 44.5 Å². The Kier molecular flexibility index (Phi) is 3.05. The number of halogens is 2.